The molecule has 62 valence electrons. The standard InChI is InChI=1S/C9H9NOS/c1-6-3-4-9-8(5-6)10-7(2)12(9)11/h3-5H,1-2H3. The van der Waals surface area contributed by atoms with Gasteiger partial charge in [-0.3, -0.25) is 0 Å². The minimum Gasteiger partial charge on any atom is -0.248 e. The summed E-state index contributed by atoms with van der Waals surface area (Å²) in [6.45, 7) is 3.80. The molecule has 2 rings (SSSR count). The van der Waals surface area contributed by atoms with Crippen LogP contribution < -0.4 is 0 Å². The Hall–Kier alpha value is -0.960. The number of aryl methyl sites for hydroxylation is 1. The van der Waals surface area contributed by atoms with Gasteiger partial charge < -0.3 is 0 Å². The van der Waals surface area contributed by atoms with Crippen LogP contribution >= 0.6 is 0 Å². The molecule has 0 saturated heterocycles. The quantitative estimate of drug-likeness (QED) is 0.600. The van der Waals surface area contributed by atoms with E-state index in [2.05, 4.69) is 4.99 Å². The fourth-order valence-electron chi connectivity index (χ4n) is 1.24. The molecule has 0 amide bonds. The van der Waals surface area contributed by atoms with Crippen LogP contribution in [0.4, 0.5) is 5.69 Å². The lowest BCUT2D eigenvalue weighted by Gasteiger charge is -1.95. The molecular weight excluding hydrogens is 170 g/mol. The van der Waals surface area contributed by atoms with Gasteiger partial charge in [-0.15, -0.1) is 0 Å². The average molecular weight is 179 g/mol. The Morgan fingerprint density at radius 1 is 1.33 bits per heavy atom. The summed E-state index contributed by atoms with van der Waals surface area (Å²) in [4.78, 5) is 5.06. The second kappa shape index (κ2) is 2.52. The minimum absolute atomic E-state index is 0.704. The number of hydrogen-bond donors (Lipinski definition) is 0. The van der Waals surface area contributed by atoms with Crippen LogP contribution in [-0.2, 0) is 10.8 Å². The summed E-state index contributed by atoms with van der Waals surface area (Å²) in [6.07, 6.45) is 0. The Morgan fingerprint density at radius 3 is 2.83 bits per heavy atom. The highest BCUT2D eigenvalue weighted by Crippen LogP contribution is 2.30. The van der Waals surface area contributed by atoms with Gasteiger partial charge in [-0.2, -0.15) is 0 Å². The highest BCUT2D eigenvalue weighted by atomic mass is 32.2. The number of hydrogen-bond acceptors (Lipinski definition) is 2. The van der Waals surface area contributed by atoms with Gasteiger partial charge in [-0.25, -0.2) is 9.20 Å². The molecule has 0 radical (unpaired) electrons. The van der Waals surface area contributed by atoms with Gasteiger partial charge in [0.05, 0.1) is 10.6 Å². The SMILES string of the molecule is CC1=Nc2cc(C)ccc2S1=O. The number of benzene rings is 1. The van der Waals surface area contributed by atoms with Crippen LogP contribution in [0, 0.1) is 6.92 Å². The Morgan fingerprint density at radius 2 is 2.08 bits per heavy atom. The van der Waals surface area contributed by atoms with E-state index in [-0.39, 0.29) is 0 Å². The Balaban J connectivity index is 2.65. The summed E-state index contributed by atoms with van der Waals surface area (Å²) in [6, 6.07) is 5.81. The topological polar surface area (TPSA) is 29.4 Å². The first-order valence-electron chi connectivity index (χ1n) is 3.76. The minimum atomic E-state index is -1.00. The predicted molar refractivity (Wildman–Crippen MR) is 50.4 cm³/mol. The summed E-state index contributed by atoms with van der Waals surface area (Å²) >= 11 is 0. The largest absolute Gasteiger partial charge is 0.248 e. The van der Waals surface area contributed by atoms with E-state index < -0.39 is 10.8 Å². The lowest BCUT2D eigenvalue weighted by molar-refractivity contribution is 0.690. The number of rotatable bonds is 0. The van der Waals surface area contributed by atoms with E-state index in [0.717, 1.165) is 16.1 Å². The van der Waals surface area contributed by atoms with Gasteiger partial charge in [0.2, 0.25) is 0 Å². The van der Waals surface area contributed by atoms with Gasteiger partial charge in [-0.1, -0.05) is 6.07 Å². The van der Waals surface area contributed by atoms with Crippen molar-refractivity contribution in [2.24, 2.45) is 4.99 Å². The molecule has 0 fully saturated rings. The third-order valence-electron chi connectivity index (χ3n) is 1.86. The monoisotopic (exact) mass is 179 g/mol. The Kier molecular flexibility index (Phi) is 1.61. The third-order valence-corrected chi connectivity index (χ3v) is 3.23. The van der Waals surface area contributed by atoms with Crippen molar-refractivity contribution in [1.29, 1.82) is 0 Å². The molecule has 0 spiro atoms. The summed E-state index contributed by atoms with van der Waals surface area (Å²) in [5.41, 5.74) is 2.02. The molecular formula is C9H9NOS. The molecule has 1 aromatic carbocycles. The molecule has 3 heteroatoms. The van der Waals surface area contributed by atoms with E-state index >= 15 is 0 Å². The van der Waals surface area contributed by atoms with E-state index in [0.29, 0.717) is 5.04 Å². The molecule has 1 aromatic rings. The van der Waals surface area contributed by atoms with Crippen LogP contribution in [-0.4, -0.2) is 9.25 Å². The molecule has 0 bridgehead atoms. The molecule has 0 aliphatic carbocycles. The zero-order valence-corrected chi connectivity index (χ0v) is 7.81. The predicted octanol–water partition coefficient (Wildman–Crippen LogP) is 2.17. The van der Waals surface area contributed by atoms with Gasteiger partial charge in [0.25, 0.3) is 0 Å². The van der Waals surface area contributed by atoms with Crippen LogP contribution in [0.15, 0.2) is 28.1 Å². The van der Waals surface area contributed by atoms with Crippen LogP contribution in [0.2, 0.25) is 0 Å². The van der Waals surface area contributed by atoms with E-state index in [1.54, 1.807) is 6.92 Å². The van der Waals surface area contributed by atoms with Crippen molar-refractivity contribution in [2.45, 2.75) is 18.7 Å². The highest BCUT2D eigenvalue weighted by Gasteiger charge is 2.18. The fourth-order valence-corrected chi connectivity index (χ4v) is 2.23. The Labute approximate surface area is 73.8 Å². The summed E-state index contributed by atoms with van der Waals surface area (Å²) in [7, 11) is -1.00. The molecule has 0 aromatic heterocycles. The molecule has 1 heterocycles. The molecule has 0 N–H and O–H groups in total. The van der Waals surface area contributed by atoms with Crippen LogP contribution in [0.3, 0.4) is 0 Å². The van der Waals surface area contributed by atoms with E-state index in [1.165, 1.54) is 0 Å². The first-order valence-corrected chi connectivity index (χ1v) is 4.91. The summed E-state index contributed by atoms with van der Waals surface area (Å²) in [5.74, 6) is 0. The zero-order chi connectivity index (χ0) is 8.72. The Bertz CT molecular complexity index is 396. The lowest BCUT2D eigenvalue weighted by atomic mass is 10.2. The zero-order valence-electron chi connectivity index (χ0n) is 7.00. The van der Waals surface area contributed by atoms with Crippen LogP contribution in [0.25, 0.3) is 0 Å². The highest BCUT2D eigenvalue weighted by molar-refractivity contribution is 8.01. The smallest absolute Gasteiger partial charge is 0.107 e. The molecule has 2 nitrogen and oxygen atoms in total. The lowest BCUT2D eigenvalue weighted by Crippen LogP contribution is -1.95. The van der Waals surface area contributed by atoms with Crippen LogP contribution in [0.5, 0.6) is 0 Å². The average Bonchev–Trinajstić information content (AvgIpc) is 2.28. The van der Waals surface area contributed by atoms with E-state index in [1.807, 2.05) is 25.1 Å². The number of aliphatic imine (C=N–C) groups is 1. The van der Waals surface area contributed by atoms with Crippen molar-refractivity contribution >= 4 is 21.5 Å². The number of nitrogens with zero attached hydrogens (tertiary/aromatic N) is 1. The first kappa shape index (κ1) is 7.68. The van der Waals surface area contributed by atoms with Crippen molar-refractivity contribution in [3.63, 3.8) is 0 Å². The van der Waals surface area contributed by atoms with Crippen LogP contribution in [0.1, 0.15) is 12.5 Å². The maximum Gasteiger partial charge on any atom is 0.107 e. The number of fused-ring (bicyclic) bond motifs is 1. The van der Waals surface area contributed by atoms with E-state index in [9.17, 15) is 4.21 Å². The molecule has 12 heavy (non-hydrogen) atoms. The third kappa shape index (κ3) is 1.01. The normalized spacial score (nSPS) is 20.5. The second-order valence-electron chi connectivity index (χ2n) is 2.87. The van der Waals surface area contributed by atoms with Gasteiger partial charge in [0.15, 0.2) is 0 Å². The molecule has 1 atom stereocenters. The first-order chi connectivity index (χ1) is 5.68. The second-order valence-corrected chi connectivity index (χ2v) is 4.44. The van der Waals surface area contributed by atoms with Gasteiger partial charge >= 0.3 is 0 Å². The maximum atomic E-state index is 11.5. The summed E-state index contributed by atoms with van der Waals surface area (Å²) in [5, 5.41) is 0.704. The van der Waals surface area contributed by atoms with Crippen molar-refractivity contribution in [2.75, 3.05) is 0 Å². The molecule has 1 unspecified atom stereocenters. The van der Waals surface area contributed by atoms with Gasteiger partial charge in [0, 0.05) is 0 Å². The van der Waals surface area contributed by atoms with E-state index in [4.69, 9.17) is 0 Å². The van der Waals surface area contributed by atoms with Crippen molar-refractivity contribution < 1.29 is 4.21 Å². The fraction of sp³-hybridized carbons (Fsp3) is 0.222. The van der Waals surface area contributed by atoms with Gasteiger partial charge in [-0.05, 0) is 31.5 Å². The molecule has 1 aliphatic heterocycles. The van der Waals surface area contributed by atoms with Gasteiger partial charge in [0.1, 0.15) is 15.8 Å². The van der Waals surface area contributed by atoms with Crippen molar-refractivity contribution in [3.8, 4) is 0 Å². The van der Waals surface area contributed by atoms with Crippen molar-refractivity contribution in [1.82, 2.24) is 0 Å². The molecule has 0 saturated carbocycles. The maximum absolute atomic E-state index is 11.5. The van der Waals surface area contributed by atoms with Crippen molar-refractivity contribution in [3.05, 3.63) is 23.8 Å². The molecule has 1 aliphatic rings. The summed E-state index contributed by atoms with van der Waals surface area (Å²) < 4.78 is 11.5.